The molecule has 5 nitrogen and oxygen atoms in total. The van der Waals surface area contributed by atoms with Gasteiger partial charge in [0.2, 0.25) is 0 Å². The van der Waals surface area contributed by atoms with Crippen molar-refractivity contribution in [1.29, 1.82) is 0 Å². The van der Waals surface area contributed by atoms with Crippen LogP contribution in [0.4, 0.5) is 4.39 Å². The van der Waals surface area contributed by atoms with Crippen molar-refractivity contribution in [3.8, 4) is 0 Å². The normalized spacial score (nSPS) is 11.5. The highest BCUT2D eigenvalue weighted by molar-refractivity contribution is 6.08. The van der Waals surface area contributed by atoms with Gasteiger partial charge in [0.05, 0.1) is 0 Å². The second-order valence-electron chi connectivity index (χ2n) is 6.47. The molecule has 29 heavy (non-hydrogen) atoms. The molecule has 0 aromatic heterocycles. The maximum absolute atomic E-state index is 13.3. The summed E-state index contributed by atoms with van der Waals surface area (Å²) in [5, 5.41) is 11.8. The van der Waals surface area contributed by atoms with E-state index in [1.54, 1.807) is 48.5 Å². The van der Waals surface area contributed by atoms with E-state index < -0.39 is 23.7 Å². The molecule has 0 heterocycles. The van der Waals surface area contributed by atoms with Crippen LogP contribution in [0.3, 0.4) is 0 Å². The molecule has 0 bridgehead atoms. The highest BCUT2D eigenvalue weighted by atomic mass is 19.1. The van der Waals surface area contributed by atoms with Crippen LogP contribution >= 0.6 is 0 Å². The monoisotopic (exact) mass is 391 g/mol. The van der Waals surface area contributed by atoms with Crippen LogP contribution < -0.4 is 5.32 Å². The fourth-order valence-electron chi connectivity index (χ4n) is 2.86. The summed E-state index contributed by atoms with van der Waals surface area (Å²) >= 11 is 0. The van der Waals surface area contributed by atoms with Gasteiger partial charge in [0.1, 0.15) is 11.9 Å². The number of rotatable bonds is 7. The van der Waals surface area contributed by atoms with Crippen LogP contribution in [-0.4, -0.2) is 28.8 Å². The average Bonchev–Trinajstić information content (AvgIpc) is 2.73. The summed E-state index contributed by atoms with van der Waals surface area (Å²) in [4.78, 5) is 36.2. The second kappa shape index (κ2) is 8.93. The van der Waals surface area contributed by atoms with Crippen molar-refractivity contribution in [1.82, 2.24) is 5.32 Å². The summed E-state index contributed by atoms with van der Waals surface area (Å²) in [7, 11) is 0. The van der Waals surface area contributed by atoms with Crippen molar-refractivity contribution < 1.29 is 23.9 Å². The van der Waals surface area contributed by atoms with Gasteiger partial charge in [-0.3, -0.25) is 9.59 Å². The number of benzene rings is 3. The van der Waals surface area contributed by atoms with E-state index in [1.165, 1.54) is 18.2 Å². The van der Waals surface area contributed by atoms with Gasteiger partial charge in [-0.2, -0.15) is 0 Å². The Balaban J connectivity index is 1.70. The van der Waals surface area contributed by atoms with E-state index >= 15 is 0 Å². The number of carbonyl (C=O) groups is 3. The number of carbonyl (C=O) groups excluding carboxylic acids is 2. The van der Waals surface area contributed by atoms with Gasteiger partial charge >= 0.3 is 5.97 Å². The Bertz CT molecular complexity index is 1030. The SMILES string of the molecule is O=C(N[C@H](Cc1ccc(C(=O)c2ccccc2)cc1)C(=O)O)c1cccc(F)c1. The van der Waals surface area contributed by atoms with Crippen LogP contribution in [0.5, 0.6) is 0 Å². The molecule has 3 aromatic carbocycles. The summed E-state index contributed by atoms with van der Waals surface area (Å²) in [5.41, 5.74) is 1.73. The van der Waals surface area contributed by atoms with Crippen LogP contribution in [0.25, 0.3) is 0 Å². The van der Waals surface area contributed by atoms with Crippen molar-refractivity contribution in [2.75, 3.05) is 0 Å². The summed E-state index contributed by atoms with van der Waals surface area (Å²) in [6, 6.07) is 19.2. The number of carboxylic acid groups (broad SMARTS) is 1. The molecule has 6 heteroatoms. The van der Waals surface area contributed by atoms with Gasteiger partial charge in [-0.15, -0.1) is 0 Å². The standard InChI is InChI=1S/C23H18FNO4/c24-19-8-4-7-18(14-19)22(27)25-20(23(28)29)13-15-9-11-17(12-10-15)21(26)16-5-2-1-3-6-16/h1-12,14,20H,13H2,(H,25,27)(H,28,29)/t20-/m1/s1. The van der Waals surface area contributed by atoms with Gasteiger partial charge < -0.3 is 10.4 Å². The number of ketones is 1. The molecule has 1 atom stereocenters. The first kappa shape index (κ1) is 19.9. The first-order chi connectivity index (χ1) is 13.9. The molecular formula is C23H18FNO4. The van der Waals surface area contributed by atoms with E-state index in [9.17, 15) is 23.9 Å². The third kappa shape index (κ3) is 5.13. The Hall–Kier alpha value is -3.80. The molecule has 3 aromatic rings. The Kier molecular flexibility index (Phi) is 6.14. The first-order valence-corrected chi connectivity index (χ1v) is 8.92. The van der Waals surface area contributed by atoms with E-state index in [4.69, 9.17) is 0 Å². The molecule has 0 aliphatic rings. The lowest BCUT2D eigenvalue weighted by molar-refractivity contribution is -0.139. The molecule has 0 saturated carbocycles. The minimum Gasteiger partial charge on any atom is -0.480 e. The summed E-state index contributed by atoms with van der Waals surface area (Å²) in [5.74, 6) is -2.60. The molecule has 0 unspecified atom stereocenters. The zero-order valence-corrected chi connectivity index (χ0v) is 15.3. The van der Waals surface area contributed by atoms with Crippen molar-refractivity contribution in [2.45, 2.75) is 12.5 Å². The maximum Gasteiger partial charge on any atom is 0.326 e. The number of aliphatic carboxylic acids is 1. The van der Waals surface area contributed by atoms with Crippen LogP contribution in [0.2, 0.25) is 0 Å². The minimum absolute atomic E-state index is 0.0240. The van der Waals surface area contributed by atoms with Gasteiger partial charge in [0, 0.05) is 23.1 Å². The smallest absolute Gasteiger partial charge is 0.326 e. The summed E-state index contributed by atoms with van der Waals surface area (Å²) in [6.45, 7) is 0. The lowest BCUT2D eigenvalue weighted by Gasteiger charge is -2.15. The van der Waals surface area contributed by atoms with Crippen molar-refractivity contribution in [3.05, 3.63) is 107 Å². The van der Waals surface area contributed by atoms with Crippen molar-refractivity contribution in [2.24, 2.45) is 0 Å². The van der Waals surface area contributed by atoms with Crippen LogP contribution in [0.15, 0.2) is 78.9 Å². The number of carboxylic acids is 1. The Morgan fingerprint density at radius 2 is 1.45 bits per heavy atom. The number of halogens is 1. The Morgan fingerprint density at radius 3 is 2.07 bits per heavy atom. The van der Waals surface area contributed by atoms with Crippen LogP contribution in [0, 0.1) is 5.82 Å². The van der Waals surface area contributed by atoms with Gasteiger partial charge in [-0.25, -0.2) is 9.18 Å². The Labute approximate surface area is 166 Å². The lowest BCUT2D eigenvalue weighted by atomic mass is 9.99. The zero-order chi connectivity index (χ0) is 20.8. The first-order valence-electron chi connectivity index (χ1n) is 8.92. The highest BCUT2D eigenvalue weighted by Gasteiger charge is 2.21. The average molecular weight is 391 g/mol. The van der Waals surface area contributed by atoms with Gasteiger partial charge in [-0.1, -0.05) is 60.7 Å². The van der Waals surface area contributed by atoms with Crippen molar-refractivity contribution >= 4 is 17.7 Å². The van der Waals surface area contributed by atoms with E-state index in [0.29, 0.717) is 16.7 Å². The molecule has 0 saturated heterocycles. The third-order valence-corrected chi connectivity index (χ3v) is 4.38. The number of hydrogen-bond donors (Lipinski definition) is 2. The molecule has 0 aliphatic carbocycles. The van der Waals surface area contributed by atoms with Crippen LogP contribution in [-0.2, 0) is 11.2 Å². The van der Waals surface area contributed by atoms with E-state index in [0.717, 1.165) is 6.07 Å². The second-order valence-corrected chi connectivity index (χ2v) is 6.47. The van der Waals surface area contributed by atoms with E-state index in [-0.39, 0.29) is 17.8 Å². The molecule has 0 aliphatic heterocycles. The minimum atomic E-state index is -1.21. The highest BCUT2D eigenvalue weighted by Crippen LogP contribution is 2.13. The molecule has 3 rings (SSSR count). The third-order valence-electron chi connectivity index (χ3n) is 4.38. The molecule has 146 valence electrons. The number of amides is 1. The quantitative estimate of drug-likeness (QED) is 0.604. The van der Waals surface area contributed by atoms with Crippen molar-refractivity contribution in [3.63, 3.8) is 0 Å². The Morgan fingerprint density at radius 1 is 0.828 bits per heavy atom. The largest absolute Gasteiger partial charge is 0.480 e. The van der Waals surface area contributed by atoms with Crippen LogP contribution in [0.1, 0.15) is 31.8 Å². The number of hydrogen-bond acceptors (Lipinski definition) is 3. The zero-order valence-electron chi connectivity index (χ0n) is 15.3. The molecule has 2 N–H and O–H groups in total. The topological polar surface area (TPSA) is 83.5 Å². The molecule has 0 fully saturated rings. The fourth-order valence-corrected chi connectivity index (χ4v) is 2.86. The van der Waals surface area contributed by atoms with E-state index in [1.807, 2.05) is 6.07 Å². The maximum atomic E-state index is 13.3. The molecule has 0 spiro atoms. The van der Waals surface area contributed by atoms with E-state index in [2.05, 4.69) is 5.32 Å². The number of nitrogens with one attached hydrogen (secondary N) is 1. The van der Waals surface area contributed by atoms with Gasteiger partial charge in [0.25, 0.3) is 5.91 Å². The molecular weight excluding hydrogens is 373 g/mol. The summed E-state index contributed by atoms with van der Waals surface area (Å²) in [6.07, 6.45) is 0.0240. The van der Waals surface area contributed by atoms with Gasteiger partial charge in [-0.05, 0) is 23.8 Å². The van der Waals surface area contributed by atoms with Gasteiger partial charge in [0.15, 0.2) is 5.78 Å². The predicted molar refractivity (Wildman–Crippen MR) is 105 cm³/mol. The predicted octanol–water partition coefficient (Wildman–Crippen LogP) is 3.48. The fraction of sp³-hybridized carbons (Fsp3) is 0.0870. The molecule has 1 amide bonds. The summed E-state index contributed by atoms with van der Waals surface area (Å²) < 4.78 is 13.3. The molecule has 0 radical (unpaired) electrons. The lowest BCUT2D eigenvalue weighted by Crippen LogP contribution is -2.42.